The summed E-state index contributed by atoms with van der Waals surface area (Å²) in [4.78, 5) is 21.8. The molecule has 2 N–H and O–H groups in total. The summed E-state index contributed by atoms with van der Waals surface area (Å²) in [5.41, 5.74) is 1.05. The minimum atomic E-state index is -0.970. The molecule has 0 heterocycles. The highest BCUT2D eigenvalue weighted by atomic mass is 79.9. The van der Waals surface area contributed by atoms with Crippen molar-refractivity contribution in [3.63, 3.8) is 0 Å². The molecule has 1 aromatic carbocycles. The highest BCUT2D eigenvalue weighted by Crippen LogP contribution is 2.38. The molecule has 1 fully saturated rings. The number of hydrogen-bond acceptors (Lipinski definition) is 2. The molecule has 0 radical (unpaired) electrons. The van der Waals surface area contributed by atoms with Gasteiger partial charge in [0.25, 0.3) is 0 Å². The molecule has 1 aliphatic carbocycles. The van der Waals surface area contributed by atoms with Gasteiger partial charge in [0, 0.05) is 12.5 Å². The van der Waals surface area contributed by atoms with Crippen LogP contribution >= 0.6 is 15.9 Å². The van der Waals surface area contributed by atoms with E-state index < -0.39 is 5.97 Å². The standard InChI is InChI=1S/C14H15BrFNO3/c15-11-7-8(1-2-12(11)16)9-5-10(6-9)17-13(18)3-4-14(19)20/h1-2,7,9-10H,3-6H2,(H,17,18)(H,19,20). The molecule has 0 bridgehead atoms. The van der Waals surface area contributed by atoms with Crippen molar-refractivity contribution < 1.29 is 19.1 Å². The average molecular weight is 344 g/mol. The molecule has 1 aromatic rings. The van der Waals surface area contributed by atoms with Gasteiger partial charge in [0.05, 0.1) is 10.9 Å². The van der Waals surface area contributed by atoms with E-state index >= 15 is 0 Å². The topological polar surface area (TPSA) is 66.4 Å². The maximum Gasteiger partial charge on any atom is 0.303 e. The summed E-state index contributed by atoms with van der Waals surface area (Å²) in [6.07, 6.45) is 1.47. The van der Waals surface area contributed by atoms with Crippen molar-refractivity contribution in [2.24, 2.45) is 0 Å². The lowest BCUT2D eigenvalue weighted by atomic mass is 9.76. The van der Waals surface area contributed by atoms with Crippen molar-refractivity contribution in [3.05, 3.63) is 34.1 Å². The molecule has 4 nitrogen and oxygen atoms in total. The van der Waals surface area contributed by atoms with Crippen LogP contribution in [0.1, 0.15) is 37.2 Å². The number of carboxylic acid groups (broad SMARTS) is 1. The number of halogens is 2. The van der Waals surface area contributed by atoms with Crippen LogP contribution in [0.15, 0.2) is 22.7 Å². The number of benzene rings is 1. The number of carboxylic acids is 1. The van der Waals surface area contributed by atoms with Crippen LogP contribution < -0.4 is 5.32 Å². The number of carbonyl (C=O) groups is 2. The van der Waals surface area contributed by atoms with E-state index in [0.717, 1.165) is 18.4 Å². The van der Waals surface area contributed by atoms with E-state index in [9.17, 15) is 14.0 Å². The Bertz CT molecular complexity index is 529. The minimum Gasteiger partial charge on any atom is -0.481 e. The highest BCUT2D eigenvalue weighted by molar-refractivity contribution is 9.10. The zero-order valence-corrected chi connectivity index (χ0v) is 12.3. The largest absolute Gasteiger partial charge is 0.481 e. The van der Waals surface area contributed by atoms with Crippen molar-refractivity contribution in [1.82, 2.24) is 5.32 Å². The summed E-state index contributed by atoms with van der Waals surface area (Å²) in [6, 6.07) is 5.04. The molecule has 108 valence electrons. The van der Waals surface area contributed by atoms with Gasteiger partial charge in [-0.2, -0.15) is 0 Å². The van der Waals surface area contributed by atoms with Gasteiger partial charge in [-0.1, -0.05) is 6.07 Å². The summed E-state index contributed by atoms with van der Waals surface area (Å²) < 4.78 is 13.6. The van der Waals surface area contributed by atoms with Gasteiger partial charge in [-0.25, -0.2) is 4.39 Å². The third kappa shape index (κ3) is 3.79. The van der Waals surface area contributed by atoms with E-state index in [1.54, 1.807) is 12.1 Å². The molecular weight excluding hydrogens is 329 g/mol. The maximum atomic E-state index is 13.1. The summed E-state index contributed by atoms with van der Waals surface area (Å²) in [5, 5.41) is 11.3. The zero-order valence-electron chi connectivity index (χ0n) is 10.7. The van der Waals surface area contributed by atoms with Gasteiger partial charge in [0.1, 0.15) is 5.82 Å². The van der Waals surface area contributed by atoms with Crippen LogP contribution in [0.5, 0.6) is 0 Å². The Kier molecular flexibility index (Phi) is 4.75. The van der Waals surface area contributed by atoms with E-state index in [1.165, 1.54) is 6.07 Å². The normalized spacial score (nSPS) is 21.1. The smallest absolute Gasteiger partial charge is 0.303 e. The first kappa shape index (κ1) is 15.0. The molecule has 0 spiro atoms. The third-order valence-corrected chi connectivity index (χ3v) is 4.09. The first-order valence-electron chi connectivity index (χ1n) is 6.42. The molecule has 0 aromatic heterocycles. The van der Waals surface area contributed by atoms with Crippen LogP contribution in [-0.4, -0.2) is 23.0 Å². The van der Waals surface area contributed by atoms with Gasteiger partial charge in [0.15, 0.2) is 0 Å². The Hall–Kier alpha value is -1.43. The summed E-state index contributed by atoms with van der Waals surface area (Å²) in [5.74, 6) is -1.16. The Morgan fingerprint density at radius 3 is 2.65 bits per heavy atom. The number of amides is 1. The molecule has 20 heavy (non-hydrogen) atoms. The summed E-state index contributed by atoms with van der Waals surface area (Å²) in [7, 11) is 0. The van der Waals surface area contributed by atoms with E-state index in [4.69, 9.17) is 5.11 Å². The molecule has 6 heteroatoms. The zero-order chi connectivity index (χ0) is 14.7. The lowest BCUT2D eigenvalue weighted by Crippen LogP contribution is -2.43. The second-order valence-electron chi connectivity index (χ2n) is 5.00. The van der Waals surface area contributed by atoms with E-state index in [1.807, 2.05) is 0 Å². The van der Waals surface area contributed by atoms with Gasteiger partial charge < -0.3 is 10.4 Å². The van der Waals surface area contributed by atoms with Crippen molar-refractivity contribution in [2.75, 3.05) is 0 Å². The fourth-order valence-electron chi connectivity index (χ4n) is 2.29. The Labute approximate surface area is 124 Å². The molecular formula is C14H15BrFNO3. The lowest BCUT2D eigenvalue weighted by molar-refractivity contribution is -0.139. The molecule has 1 saturated carbocycles. The van der Waals surface area contributed by atoms with Gasteiger partial charge in [-0.05, 0) is 52.4 Å². The molecule has 0 saturated heterocycles. The van der Waals surface area contributed by atoms with E-state index in [-0.39, 0.29) is 30.6 Å². The minimum absolute atomic E-state index is 0.0125. The van der Waals surface area contributed by atoms with Gasteiger partial charge >= 0.3 is 5.97 Å². The average Bonchev–Trinajstić information content (AvgIpc) is 2.34. The van der Waals surface area contributed by atoms with Crippen molar-refractivity contribution >= 4 is 27.8 Å². The predicted octanol–water partition coefficient (Wildman–Crippen LogP) is 2.82. The first-order chi connectivity index (χ1) is 9.45. The molecule has 0 unspecified atom stereocenters. The molecule has 2 rings (SSSR count). The van der Waals surface area contributed by atoms with Crippen molar-refractivity contribution in [1.29, 1.82) is 0 Å². The number of nitrogens with one attached hydrogen (secondary N) is 1. The van der Waals surface area contributed by atoms with Crippen LogP contribution in [0.3, 0.4) is 0 Å². The van der Waals surface area contributed by atoms with Crippen molar-refractivity contribution in [3.8, 4) is 0 Å². The van der Waals surface area contributed by atoms with Gasteiger partial charge in [-0.15, -0.1) is 0 Å². The van der Waals surface area contributed by atoms with Crippen molar-refractivity contribution in [2.45, 2.75) is 37.6 Å². The monoisotopic (exact) mass is 343 g/mol. The number of rotatable bonds is 5. The van der Waals surface area contributed by atoms with Crippen LogP contribution in [-0.2, 0) is 9.59 Å². The second kappa shape index (κ2) is 6.35. The quantitative estimate of drug-likeness (QED) is 0.863. The maximum absolute atomic E-state index is 13.1. The molecule has 0 atom stereocenters. The van der Waals surface area contributed by atoms with Gasteiger partial charge in [-0.3, -0.25) is 9.59 Å². The van der Waals surface area contributed by atoms with Gasteiger partial charge in [0.2, 0.25) is 5.91 Å². The van der Waals surface area contributed by atoms with Crippen LogP contribution in [0.25, 0.3) is 0 Å². The Morgan fingerprint density at radius 2 is 2.05 bits per heavy atom. The second-order valence-corrected chi connectivity index (χ2v) is 5.85. The molecule has 1 amide bonds. The first-order valence-corrected chi connectivity index (χ1v) is 7.21. The van der Waals surface area contributed by atoms with Crippen LogP contribution in [0, 0.1) is 5.82 Å². The Balaban J connectivity index is 1.78. The SMILES string of the molecule is O=C(O)CCC(=O)NC1CC(c2ccc(F)c(Br)c2)C1. The summed E-state index contributed by atoms with van der Waals surface area (Å²) >= 11 is 3.16. The van der Waals surface area contributed by atoms with Crippen LogP contribution in [0.4, 0.5) is 4.39 Å². The van der Waals surface area contributed by atoms with Crippen LogP contribution in [0.2, 0.25) is 0 Å². The Morgan fingerprint density at radius 1 is 1.35 bits per heavy atom. The highest BCUT2D eigenvalue weighted by Gasteiger charge is 2.31. The summed E-state index contributed by atoms with van der Waals surface area (Å²) in [6.45, 7) is 0. The number of aliphatic carboxylic acids is 1. The predicted molar refractivity (Wildman–Crippen MR) is 74.9 cm³/mol. The lowest BCUT2D eigenvalue weighted by Gasteiger charge is -2.36. The van der Waals surface area contributed by atoms with E-state index in [0.29, 0.717) is 10.4 Å². The number of carbonyl (C=O) groups excluding carboxylic acids is 1. The molecule has 1 aliphatic rings. The van der Waals surface area contributed by atoms with E-state index in [2.05, 4.69) is 21.2 Å². The third-order valence-electron chi connectivity index (χ3n) is 3.48. The fourth-order valence-corrected chi connectivity index (χ4v) is 2.69. The fraction of sp³-hybridized carbons (Fsp3) is 0.429. The number of hydrogen-bond donors (Lipinski definition) is 2. The molecule has 0 aliphatic heterocycles.